The fourth-order valence-electron chi connectivity index (χ4n) is 4.81. The number of para-hydroxylation sites is 1. The lowest BCUT2D eigenvalue weighted by Crippen LogP contribution is -2.39. The smallest absolute Gasteiger partial charge is 0.269 e. The second-order valence-electron chi connectivity index (χ2n) is 8.33. The van der Waals surface area contributed by atoms with Crippen LogP contribution in [0.15, 0.2) is 77.7 Å². The summed E-state index contributed by atoms with van der Waals surface area (Å²) < 4.78 is 45.9. The van der Waals surface area contributed by atoms with Gasteiger partial charge in [0.2, 0.25) is 9.84 Å². The first-order valence-corrected chi connectivity index (χ1v) is 13.2. The number of nitrogens with zero attached hydrogens (tertiary/aromatic N) is 1. The van der Waals surface area contributed by atoms with Crippen LogP contribution in [0.2, 0.25) is 5.02 Å². The van der Waals surface area contributed by atoms with Gasteiger partial charge in [-0.2, -0.15) is 0 Å². The zero-order valence-electron chi connectivity index (χ0n) is 17.3. The van der Waals surface area contributed by atoms with E-state index in [9.17, 15) is 8.42 Å². The highest BCUT2D eigenvalue weighted by atomic mass is 35.5. The highest BCUT2D eigenvalue weighted by Gasteiger charge is 2.57. The molecule has 4 nitrogen and oxygen atoms in total. The van der Waals surface area contributed by atoms with Crippen molar-refractivity contribution in [1.29, 1.82) is 0 Å². The van der Waals surface area contributed by atoms with Crippen molar-refractivity contribution >= 4 is 53.9 Å². The van der Waals surface area contributed by atoms with Gasteiger partial charge in [0.15, 0.2) is 0 Å². The number of H-pyrrole nitrogens is 1. The normalized spacial score (nSPS) is 17.9. The van der Waals surface area contributed by atoms with Gasteiger partial charge in [0.1, 0.15) is 5.01 Å². The van der Waals surface area contributed by atoms with Gasteiger partial charge in [-0.1, -0.05) is 41.9 Å². The number of hydrogen-bond donors (Lipinski definition) is 1. The highest BCUT2D eigenvalue weighted by Crippen LogP contribution is 2.51. The minimum absolute atomic E-state index is 0.0231. The summed E-state index contributed by atoms with van der Waals surface area (Å²) in [6.07, 6.45) is 0.536. The third-order valence-electron chi connectivity index (χ3n) is 6.41. The van der Waals surface area contributed by atoms with Crippen molar-refractivity contribution in [3.8, 4) is 0 Å². The van der Waals surface area contributed by atoms with Crippen LogP contribution in [-0.4, -0.2) is 18.4 Å². The van der Waals surface area contributed by atoms with Crippen LogP contribution in [0.1, 0.15) is 16.3 Å². The first-order chi connectivity index (χ1) is 15.9. The summed E-state index contributed by atoms with van der Waals surface area (Å²) in [4.78, 5) is 7.77. The standard InChI is InChI=1S/C25H18ClFN2O2S2/c26-16-10-11-20-19(14-16)18-12-15(13-22(18)28-20)25(27,33(30,31)17-6-2-1-3-7-17)24-29-21-8-4-5-9-23(21)32-24/h1-11,14-15,28H,12-13H2. The lowest BCUT2D eigenvalue weighted by molar-refractivity contribution is 0.177. The first-order valence-electron chi connectivity index (χ1n) is 10.5. The Morgan fingerprint density at radius 3 is 2.58 bits per heavy atom. The van der Waals surface area contributed by atoms with Gasteiger partial charge in [-0.15, -0.1) is 11.3 Å². The van der Waals surface area contributed by atoms with Crippen LogP contribution in [0.25, 0.3) is 21.1 Å². The Morgan fingerprint density at radius 2 is 1.79 bits per heavy atom. The number of hydrogen-bond acceptors (Lipinski definition) is 4. The Morgan fingerprint density at radius 1 is 1.03 bits per heavy atom. The zero-order chi connectivity index (χ0) is 22.8. The topological polar surface area (TPSA) is 62.8 Å². The van der Waals surface area contributed by atoms with Crippen LogP contribution in [-0.2, 0) is 27.7 Å². The van der Waals surface area contributed by atoms with E-state index < -0.39 is 20.8 Å². The van der Waals surface area contributed by atoms with Crippen molar-refractivity contribution in [3.63, 3.8) is 0 Å². The maximum absolute atomic E-state index is 17.4. The van der Waals surface area contributed by atoms with E-state index in [1.807, 2.05) is 30.3 Å². The van der Waals surface area contributed by atoms with E-state index in [1.54, 1.807) is 30.3 Å². The molecule has 0 spiro atoms. The average molecular weight is 497 g/mol. The minimum Gasteiger partial charge on any atom is -0.358 e. The molecule has 1 aliphatic carbocycles. The van der Waals surface area contributed by atoms with Crippen molar-refractivity contribution in [1.82, 2.24) is 9.97 Å². The van der Waals surface area contributed by atoms with E-state index in [1.165, 1.54) is 12.1 Å². The SMILES string of the molecule is O=S(=O)(c1ccccc1)C(F)(c1nc2ccccc2s1)C1Cc2[nH]c3ccc(Cl)cc3c2C1. The Balaban J connectivity index is 1.54. The monoisotopic (exact) mass is 496 g/mol. The number of sulfone groups is 1. The van der Waals surface area contributed by atoms with Crippen LogP contribution in [0.4, 0.5) is 4.39 Å². The summed E-state index contributed by atoms with van der Waals surface area (Å²) in [5.74, 6) is -0.826. The molecule has 2 unspecified atom stereocenters. The lowest BCUT2D eigenvalue weighted by atomic mass is 9.99. The van der Waals surface area contributed by atoms with Crippen molar-refractivity contribution in [2.75, 3.05) is 0 Å². The van der Waals surface area contributed by atoms with Gasteiger partial charge in [-0.25, -0.2) is 17.8 Å². The number of alkyl halides is 1. The number of aromatic amines is 1. The fourth-order valence-corrected chi connectivity index (χ4v) is 8.20. The fraction of sp³-hybridized carbons (Fsp3) is 0.160. The summed E-state index contributed by atoms with van der Waals surface area (Å²) in [6.45, 7) is 0. The summed E-state index contributed by atoms with van der Waals surface area (Å²) in [5, 5.41) is -1.21. The molecule has 3 aromatic carbocycles. The summed E-state index contributed by atoms with van der Waals surface area (Å²) >= 11 is 7.31. The van der Waals surface area contributed by atoms with E-state index in [2.05, 4.69) is 9.97 Å². The van der Waals surface area contributed by atoms with Crippen molar-refractivity contribution in [2.45, 2.75) is 22.7 Å². The van der Waals surface area contributed by atoms with Gasteiger partial charge < -0.3 is 4.98 Å². The highest BCUT2D eigenvalue weighted by molar-refractivity contribution is 7.92. The predicted octanol–water partition coefficient (Wildman–Crippen LogP) is 6.44. The van der Waals surface area contributed by atoms with Crippen LogP contribution in [0.5, 0.6) is 0 Å². The van der Waals surface area contributed by atoms with Crippen LogP contribution in [0, 0.1) is 5.92 Å². The molecule has 0 aliphatic heterocycles. The Labute approximate surface area is 199 Å². The van der Waals surface area contributed by atoms with Crippen LogP contribution >= 0.6 is 22.9 Å². The molecular weight excluding hydrogens is 479 g/mol. The molecule has 2 heterocycles. The number of benzene rings is 3. The van der Waals surface area contributed by atoms with Gasteiger partial charge in [-0.3, -0.25) is 0 Å². The number of nitrogens with one attached hydrogen (secondary N) is 1. The number of halogens is 2. The molecule has 0 amide bonds. The Kier molecular flexibility index (Phi) is 4.66. The molecule has 2 aromatic heterocycles. The molecule has 0 radical (unpaired) electrons. The number of aromatic nitrogens is 2. The molecule has 2 atom stereocenters. The van der Waals surface area contributed by atoms with Gasteiger partial charge in [0.25, 0.3) is 5.00 Å². The van der Waals surface area contributed by atoms with Gasteiger partial charge >= 0.3 is 0 Å². The van der Waals surface area contributed by atoms with Gasteiger partial charge in [0.05, 0.1) is 15.1 Å². The van der Waals surface area contributed by atoms with E-state index in [0.29, 0.717) is 10.5 Å². The number of thiazole rings is 1. The third kappa shape index (κ3) is 3.06. The maximum atomic E-state index is 17.4. The summed E-state index contributed by atoms with van der Waals surface area (Å²) in [5.41, 5.74) is 3.28. The minimum atomic E-state index is -4.40. The molecule has 166 valence electrons. The van der Waals surface area contributed by atoms with Crippen LogP contribution < -0.4 is 0 Å². The van der Waals surface area contributed by atoms with E-state index in [4.69, 9.17) is 11.6 Å². The van der Waals surface area contributed by atoms with E-state index in [-0.39, 0.29) is 22.7 Å². The Hall–Kier alpha value is -2.74. The second-order valence-corrected chi connectivity index (χ2v) is 11.9. The van der Waals surface area contributed by atoms with E-state index in [0.717, 1.165) is 38.2 Å². The molecule has 0 saturated heterocycles. The largest absolute Gasteiger partial charge is 0.358 e. The predicted molar refractivity (Wildman–Crippen MR) is 130 cm³/mol. The Bertz CT molecular complexity index is 1600. The molecule has 1 aliphatic rings. The van der Waals surface area contributed by atoms with Crippen molar-refractivity contribution in [3.05, 3.63) is 94.1 Å². The van der Waals surface area contributed by atoms with Gasteiger partial charge in [0, 0.05) is 27.5 Å². The zero-order valence-corrected chi connectivity index (χ0v) is 19.6. The maximum Gasteiger partial charge on any atom is 0.269 e. The molecule has 0 bridgehead atoms. The molecule has 33 heavy (non-hydrogen) atoms. The van der Waals surface area contributed by atoms with Gasteiger partial charge in [-0.05, 0) is 60.9 Å². The average Bonchev–Trinajstić information content (AvgIpc) is 3.52. The molecule has 8 heteroatoms. The summed E-state index contributed by atoms with van der Waals surface area (Å²) in [6, 6.07) is 20.6. The third-order valence-corrected chi connectivity index (χ3v) is 10.1. The lowest BCUT2D eigenvalue weighted by Gasteiger charge is -2.29. The molecule has 5 aromatic rings. The van der Waals surface area contributed by atoms with E-state index >= 15 is 4.39 Å². The number of rotatable bonds is 4. The van der Waals surface area contributed by atoms with Crippen molar-refractivity contribution in [2.24, 2.45) is 5.92 Å². The first kappa shape index (κ1) is 20.8. The van der Waals surface area contributed by atoms with Crippen molar-refractivity contribution < 1.29 is 12.8 Å². The molecular formula is C25H18ClFN2O2S2. The summed E-state index contributed by atoms with van der Waals surface area (Å²) in [7, 11) is -4.40. The van der Waals surface area contributed by atoms with Crippen LogP contribution in [0.3, 0.4) is 0 Å². The number of fused-ring (bicyclic) bond motifs is 4. The molecule has 0 saturated carbocycles. The second kappa shape index (κ2) is 7.38. The molecule has 6 rings (SSSR count). The molecule has 1 N–H and O–H groups in total. The quantitative estimate of drug-likeness (QED) is 0.311. The molecule has 0 fully saturated rings.